The Morgan fingerprint density at radius 2 is 1.15 bits per heavy atom. The minimum atomic E-state index is -0.314. The first-order valence-corrected chi connectivity index (χ1v) is 25.4. The third-order valence-corrected chi connectivity index (χ3v) is 15.1. The van der Waals surface area contributed by atoms with Crippen LogP contribution in [-0.2, 0) is 48.4 Å². The number of nitriles is 2. The Morgan fingerprint density at radius 3 is 1.63 bits per heavy atom. The summed E-state index contributed by atoms with van der Waals surface area (Å²) in [6.07, 6.45) is 4.95. The summed E-state index contributed by atoms with van der Waals surface area (Å²) in [7, 11) is 4.32. The van der Waals surface area contributed by atoms with Crippen LogP contribution in [0.1, 0.15) is 85.0 Å². The smallest absolute Gasteiger partial charge is 0.135 e. The Hall–Kier alpha value is -3.63. The van der Waals surface area contributed by atoms with Crippen molar-refractivity contribution in [2.45, 2.75) is 101 Å². The van der Waals surface area contributed by atoms with E-state index < -0.39 is 0 Å². The molecule has 0 atom stereocenters. The van der Waals surface area contributed by atoms with E-state index in [-0.39, 0.29) is 17.0 Å². The van der Waals surface area contributed by atoms with Gasteiger partial charge in [-0.15, -0.1) is 23.5 Å². The van der Waals surface area contributed by atoms with Crippen LogP contribution in [0, 0.1) is 28.5 Å². The van der Waals surface area contributed by atoms with Gasteiger partial charge in [-0.25, -0.2) is 14.4 Å². The van der Waals surface area contributed by atoms with E-state index in [9.17, 15) is 14.9 Å². The maximum atomic E-state index is 14.0. The molecule has 8 rings (SSSR count). The van der Waals surface area contributed by atoms with Gasteiger partial charge in [-0.1, -0.05) is 47.5 Å². The van der Waals surface area contributed by atoms with E-state index in [1.165, 1.54) is 6.07 Å². The summed E-state index contributed by atoms with van der Waals surface area (Å²) in [5.74, 6) is 3.22. The monoisotopic (exact) mass is 958 g/mol. The topological polar surface area (TPSA) is 105 Å². The molecule has 4 aliphatic rings. The average molecular weight is 960 g/mol. The molecule has 4 aliphatic heterocycles. The zero-order valence-electron chi connectivity index (χ0n) is 38.6. The molecule has 0 bridgehead atoms. The number of benzene rings is 2. The molecule has 2 aromatic carbocycles. The van der Waals surface area contributed by atoms with Gasteiger partial charge >= 0.3 is 0 Å². The number of anilines is 2. The lowest BCUT2D eigenvalue weighted by atomic mass is 9.89. The molecule has 0 radical (unpaired) electrons. The number of fused-ring (bicyclic) bond motifs is 2. The van der Waals surface area contributed by atoms with Crippen LogP contribution in [0.3, 0.4) is 0 Å². The van der Waals surface area contributed by atoms with Crippen molar-refractivity contribution in [3.8, 4) is 12.1 Å². The predicted octanol–water partition coefficient (Wildman–Crippen LogP) is 10.0. The van der Waals surface area contributed by atoms with Crippen LogP contribution in [0.15, 0.2) is 52.5 Å². The van der Waals surface area contributed by atoms with E-state index in [1.54, 1.807) is 35.7 Å². The van der Waals surface area contributed by atoms with Gasteiger partial charge in [-0.2, -0.15) is 10.5 Å². The maximum Gasteiger partial charge on any atom is 0.135 e. The molecule has 0 amide bonds. The number of ether oxygens (including phenoxy) is 2. The van der Waals surface area contributed by atoms with Crippen LogP contribution in [0.5, 0.6) is 0 Å². The first-order chi connectivity index (χ1) is 31.1. The maximum absolute atomic E-state index is 14.0. The Labute approximate surface area is 403 Å². The molecule has 346 valence electrons. The van der Waals surface area contributed by atoms with E-state index >= 15 is 0 Å². The van der Waals surface area contributed by atoms with Gasteiger partial charge < -0.3 is 29.1 Å². The molecule has 0 unspecified atom stereocenters. The second kappa shape index (κ2) is 22.0. The van der Waals surface area contributed by atoms with Crippen molar-refractivity contribution in [2.24, 2.45) is 0 Å². The van der Waals surface area contributed by atoms with Crippen molar-refractivity contribution in [1.29, 1.82) is 10.5 Å². The van der Waals surface area contributed by atoms with Gasteiger partial charge in [0.25, 0.3) is 0 Å². The van der Waals surface area contributed by atoms with Gasteiger partial charge in [0.15, 0.2) is 0 Å². The highest BCUT2D eigenvalue weighted by Gasteiger charge is 2.35. The molecular formula is C50H61Cl2FN8O2S2. The number of pyridine rings is 2. The molecule has 10 nitrogen and oxygen atoms in total. The molecule has 2 fully saturated rings. The van der Waals surface area contributed by atoms with Crippen LogP contribution in [0.2, 0.25) is 10.0 Å². The summed E-state index contributed by atoms with van der Waals surface area (Å²) in [6, 6.07) is 17.4. The Morgan fingerprint density at radius 1 is 0.662 bits per heavy atom. The first kappa shape index (κ1) is 49.3. The van der Waals surface area contributed by atoms with Gasteiger partial charge in [-0.05, 0) is 121 Å². The predicted molar refractivity (Wildman–Crippen MR) is 263 cm³/mol. The van der Waals surface area contributed by atoms with Crippen LogP contribution >= 0.6 is 46.7 Å². The summed E-state index contributed by atoms with van der Waals surface area (Å²) in [5.41, 5.74) is 6.81. The molecule has 6 heterocycles. The minimum absolute atomic E-state index is 0.180. The first-order valence-electron chi connectivity index (χ1n) is 22.6. The number of halogens is 3. The number of rotatable bonds is 10. The average Bonchev–Trinajstić information content (AvgIpc) is 3.63. The highest BCUT2D eigenvalue weighted by atomic mass is 35.5. The molecular weight excluding hydrogens is 899 g/mol. The zero-order chi connectivity index (χ0) is 46.3. The lowest BCUT2D eigenvalue weighted by Crippen LogP contribution is -2.36. The molecule has 0 saturated carbocycles. The molecule has 0 N–H and O–H groups in total. The highest BCUT2D eigenvalue weighted by Crippen LogP contribution is 2.41. The Bertz CT molecular complexity index is 2420. The van der Waals surface area contributed by atoms with Crippen LogP contribution < -0.4 is 9.80 Å². The fourth-order valence-corrected chi connectivity index (χ4v) is 11.3. The number of hydrogen-bond donors (Lipinski definition) is 0. The minimum Gasteiger partial charge on any atom is -0.370 e. The van der Waals surface area contributed by atoms with E-state index in [1.807, 2.05) is 24.3 Å². The van der Waals surface area contributed by atoms with E-state index in [4.69, 9.17) is 42.6 Å². The highest BCUT2D eigenvalue weighted by molar-refractivity contribution is 7.99. The molecule has 65 heavy (non-hydrogen) atoms. The number of aromatic nitrogens is 2. The molecule has 0 spiro atoms. The lowest BCUT2D eigenvalue weighted by Gasteiger charge is -2.35. The van der Waals surface area contributed by atoms with Crippen molar-refractivity contribution in [2.75, 3.05) is 87.8 Å². The van der Waals surface area contributed by atoms with Crippen molar-refractivity contribution in [1.82, 2.24) is 19.8 Å². The molecule has 15 heteroatoms. The van der Waals surface area contributed by atoms with Crippen molar-refractivity contribution in [3.63, 3.8) is 0 Å². The number of thioether (sulfide) groups is 2. The van der Waals surface area contributed by atoms with Gasteiger partial charge in [0.2, 0.25) is 0 Å². The largest absolute Gasteiger partial charge is 0.370 e. The summed E-state index contributed by atoms with van der Waals surface area (Å²) in [4.78, 5) is 19.5. The van der Waals surface area contributed by atoms with E-state index in [0.717, 1.165) is 127 Å². The van der Waals surface area contributed by atoms with Crippen LogP contribution in [0.25, 0.3) is 0 Å². The summed E-state index contributed by atoms with van der Waals surface area (Å²) in [5, 5.41) is 23.1. The third kappa shape index (κ3) is 12.5. The Balaban J connectivity index is 0.000000194. The number of likely N-dealkylation sites (N-methyl/N-ethyl adjacent to an activating group) is 2. The van der Waals surface area contributed by atoms with Gasteiger partial charge in [0.05, 0.1) is 35.5 Å². The molecule has 2 aromatic heterocycles. The lowest BCUT2D eigenvalue weighted by molar-refractivity contribution is -0.0404. The number of aryl methyl sites for hydroxylation is 2. The molecule has 4 aromatic rings. The molecule has 2 saturated heterocycles. The fraction of sp³-hybridized carbons (Fsp3) is 0.520. The number of hydrogen-bond acceptors (Lipinski definition) is 12. The molecule has 0 aliphatic carbocycles. The van der Waals surface area contributed by atoms with E-state index in [2.05, 4.69) is 73.5 Å². The number of nitrogens with zero attached hydrogens (tertiary/aromatic N) is 8. The fourth-order valence-electron chi connectivity index (χ4n) is 8.87. The normalized spacial score (nSPS) is 18.6. The van der Waals surface area contributed by atoms with Crippen molar-refractivity contribution in [3.05, 3.63) is 103 Å². The van der Waals surface area contributed by atoms with Crippen LogP contribution in [0.4, 0.5) is 16.0 Å². The standard InChI is InChI=1S/C25H30Cl2N4OS.C25H31FN4OS/c1-25(2)14-19-20(15-28)24(33-12-7-17-5-6-18(26)13-22(17)27)29-23(21(19)16-32-25)31-9-4-8-30(3)10-11-31;1-25(2)15-19-20(16-27)24(32-14-9-18-7-4-5-8-22(18)26)28-23(21(19)17-31-25)30-11-6-10-29(3)12-13-30/h5-6,13H,4,7-12,14,16H2,1-3H3;4-5,7-8H,6,9-15,17H2,1-3H3. The SMILES string of the molecule is CN1CCCN(c2nc(SCCc3ccc(Cl)cc3Cl)c(C#N)c3c2COC(C)(C)C3)CC1.CN1CCCN(c2nc(SCCc3ccccc3F)c(C#N)c3c2COC(C)(C)C3)CC1. The zero-order valence-corrected chi connectivity index (χ0v) is 41.8. The quantitative estimate of drug-likeness (QED) is 0.141. The van der Waals surface area contributed by atoms with Gasteiger partial charge in [0, 0.05) is 84.8 Å². The Kier molecular flexibility index (Phi) is 16.7. The third-order valence-electron chi connectivity index (χ3n) is 12.6. The summed E-state index contributed by atoms with van der Waals surface area (Å²) >= 11 is 15.6. The van der Waals surface area contributed by atoms with Crippen molar-refractivity contribution < 1.29 is 13.9 Å². The van der Waals surface area contributed by atoms with Gasteiger partial charge in [0.1, 0.15) is 39.6 Å². The second-order valence-corrected chi connectivity index (χ2v) is 21.6. The summed E-state index contributed by atoms with van der Waals surface area (Å²) in [6.45, 7) is 17.2. The second-order valence-electron chi connectivity index (χ2n) is 18.6. The summed E-state index contributed by atoms with van der Waals surface area (Å²) < 4.78 is 26.3. The van der Waals surface area contributed by atoms with Crippen LogP contribution in [-0.4, -0.2) is 109 Å². The van der Waals surface area contributed by atoms with Gasteiger partial charge in [-0.3, -0.25) is 0 Å². The van der Waals surface area contributed by atoms with E-state index in [0.29, 0.717) is 65.0 Å². The van der Waals surface area contributed by atoms with Crippen molar-refractivity contribution >= 4 is 58.4 Å².